The van der Waals surface area contributed by atoms with E-state index in [4.69, 9.17) is 14.6 Å². The van der Waals surface area contributed by atoms with Gasteiger partial charge in [0.2, 0.25) is 0 Å². The molecule has 0 spiro atoms. The van der Waals surface area contributed by atoms with Crippen molar-refractivity contribution in [1.29, 1.82) is 0 Å². The van der Waals surface area contributed by atoms with Crippen LogP contribution in [0.2, 0.25) is 0 Å². The lowest BCUT2D eigenvalue weighted by Crippen LogP contribution is -2.02. The second-order valence-corrected chi connectivity index (χ2v) is 8.34. The number of unbranched alkanes of at least 4 members (excludes halogenated alkanes) is 1. The zero-order chi connectivity index (χ0) is 24.3. The fourth-order valence-electron chi connectivity index (χ4n) is 3.15. The zero-order valence-electron chi connectivity index (χ0n) is 18.7. The molecule has 3 aromatic rings. The number of aromatic nitrogens is 1. The maximum atomic E-state index is 13.9. The molecular weight excluding hydrogens is 460 g/mol. The summed E-state index contributed by atoms with van der Waals surface area (Å²) in [5.74, 6) is -0.889. The van der Waals surface area contributed by atoms with Crippen molar-refractivity contribution in [3.63, 3.8) is 0 Å². The molecule has 1 heterocycles. The Hall–Kier alpha value is -3.39. The van der Waals surface area contributed by atoms with Crippen LogP contribution in [0.4, 0.5) is 8.78 Å². The van der Waals surface area contributed by atoms with Gasteiger partial charge in [0.1, 0.15) is 28.8 Å². The van der Waals surface area contributed by atoms with E-state index in [1.54, 1.807) is 19.2 Å². The molecule has 0 amide bonds. The van der Waals surface area contributed by atoms with Crippen LogP contribution in [0.25, 0.3) is 6.08 Å². The summed E-state index contributed by atoms with van der Waals surface area (Å²) in [7, 11) is 1.63. The van der Waals surface area contributed by atoms with Crippen LogP contribution in [0.1, 0.15) is 29.8 Å². The van der Waals surface area contributed by atoms with Gasteiger partial charge in [-0.2, -0.15) is 0 Å². The lowest BCUT2D eigenvalue weighted by atomic mass is 10.1. The number of pyridine rings is 1. The number of hydrogen-bond acceptors (Lipinski definition) is 5. The van der Waals surface area contributed by atoms with Gasteiger partial charge in [-0.25, -0.2) is 18.6 Å². The topological polar surface area (TPSA) is 68.7 Å². The molecule has 178 valence electrons. The Morgan fingerprint density at radius 3 is 2.47 bits per heavy atom. The molecule has 0 fully saturated rings. The molecule has 0 atom stereocenters. The second-order valence-electron chi connectivity index (χ2n) is 7.35. The van der Waals surface area contributed by atoms with E-state index in [9.17, 15) is 13.6 Å². The number of carboxylic acid groups (broad SMARTS) is 1. The van der Waals surface area contributed by atoms with Crippen molar-refractivity contribution >= 4 is 23.8 Å². The van der Waals surface area contributed by atoms with Gasteiger partial charge >= 0.3 is 5.97 Å². The fraction of sp³-hybridized carbons (Fsp3) is 0.231. The highest BCUT2D eigenvalue weighted by molar-refractivity contribution is 7.98. The smallest absolute Gasteiger partial charge is 0.328 e. The molecule has 1 N–H and O–H groups in total. The Labute approximate surface area is 201 Å². The molecule has 0 bridgehead atoms. The van der Waals surface area contributed by atoms with Gasteiger partial charge in [0.25, 0.3) is 0 Å². The SMILES string of the molecule is COc1ccc(CCCCOc2ccc(CSc3c(F)cccc3F)nc2C=CC(=O)O)cc1. The fourth-order valence-corrected chi connectivity index (χ4v) is 4.01. The second kappa shape index (κ2) is 12.7. The predicted molar refractivity (Wildman–Crippen MR) is 128 cm³/mol. The highest BCUT2D eigenvalue weighted by Gasteiger charge is 2.11. The van der Waals surface area contributed by atoms with E-state index in [2.05, 4.69) is 4.98 Å². The number of hydrogen-bond donors (Lipinski definition) is 1. The van der Waals surface area contributed by atoms with Gasteiger partial charge in [0.15, 0.2) is 0 Å². The Kier molecular flexibility index (Phi) is 9.46. The third-order valence-corrected chi connectivity index (χ3v) is 6.01. The minimum atomic E-state index is -1.11. The van der Waals surface area contributed by atoms with E-state index in [0.717, 1.165) is 42.8 Å². The molecule has 0 aliphatic heterocycles. The van der Waals surface area contributed by atoms with Crippen molar-refractivity contribution in [3.05, 3.63) is 89.3 Å². The first-order chi connectivity index (χ1) is 16.5. The van der Waals surface area contributed by atoms with Crippen LogP contribution in [0, 0.1) is 11.6 Å². The van der Waals surface area contributed by atoms with E-state index in [1.807, 2.05) is 24.3 Å². The normalized spacial score (nSPS) is 11.0. The van der Waals surface area contributed by atoms with Crippen LogP contribution in [0.3, 0.4) is 0 Å². The number of aryl methyl sites for hydroxylation is 1. The van der Waals surface area contributed by atoms with Crippen LogP contribution in [0.15, 0.2) is 65.6 Å². The van der Waals surface area contributed by atoms with Crippen LogP contribution >= 0.6 is 11.8 Å². The molecule has 2 aromatic carbocycles. The molecule has 8 heteroatoms. The molecule has 3 rings (SSSR count). The van der Waals surface area contributed by atoms with Gasteiger partial charge in [0.05, 0.1) is 24.3 Å². The minimum absolute atomic E-state index is 0.0795. The number of methoxy groups -OCH3 is 1. The summed E-state index contributed by atoms with van der Waals surface area (Å²) in [4.78, 5) is 15.3. The van der Waals surface area contributed by atoms with E-state index in [1.165, 1.54) is 29.8 Å². The maximum Gasteiger partial charge on any atom is 0.328 e. The number of thioether (sulfide) groups is 1. The number of ether oxygens (including phenoxy) is 2. The van der Waals surface area contributed by atoms with Gasteiger partial charge in [0, 0.05) is 11.8 Å². The third kappa shape index (κ3) is 7.59. The third-order valence-electron chi connectivity index (χ3n) is 4.89. The van der Waals surface area contributed by atoms with Gasteiger partial charge in [-0.3, -0.25) is 0 Å². The van der Waals surface area contributed by atoms with Crippen LogP contribution < -0.4 is 9.47 Å². The molecule has 34 heavy (non-hydrogen) atoms. The molecule has 0 saturated carbocycles. The molecule has 1 aromatic heterocycles. The summed E-state index contributed by atoms with van der Waals surface area (Å²) in [6.07, 6.45) is 4.96. The number of carbonyl (C=O) groups is 1. The number of rotatable bonds is 12. The van der Waals surface area contributed by atoms with E-state index in [0.29, 0.717) is 23.7 Å². The van der Waals surface area contributed by atoms with Crippen molar-refractivity contribution in [2.24, 2.45) is 0 Å². The lowest BCUT2D eigenvalue weighted by Gasteiger charge is -2.11. The first kappa shape index (κ1) is 25.2. The molecule has 0 aliphatic rings. The van der Waals surface area contributed by atoms with Crippen molar-refractivity contribution in [2.75, 3.05) is 13.7 Å². The highest BCUT2D eigenvalue weighted by atomic mass is 32.2. The van der Waals surface area contributed by atoms with E-state index in [-0.39, 0.29) is 10.6 Å². The Morgan fingerprint density at radius 2 is 1.79 bits per heavy atom. The number of benzene rings is 2. The van der Waals surface area contributed by atoms with Gasteiger partial charge in [-0.05, 0) is 67.3 Å². The summed E-state index contributed by atoms with van der Waals surface area (Å²) < 4.78 is 38.7. The first-order valence-corrected chi connectivity index (χ1v) is 11.7. The number of carboxylic acids is 1. The highest BCUT2D eigenvalue weighted by Crippen LogP contribution is 2.29. The minimum Gasteiger partial charge on any atom is -0.497 e. The molecule has 0 aliphatic carbocycles. The molecule has 5 nitrogen and oxygen atoms in total. The average molecular weight is 486 g/mol. The predicted octanol–water partition coefficient (Wildman–Crippen LogP) is 6.16. The number of aliphatic carboxylic acids is 1. The monoisotopic (exact) mass is 485 g/mol. The maximum absolute atomic E-state index is 13.9. The number of nitrogens with zero attached hydrogens (tertiary/aromatic N) is 1. The first-order valence-electron chi connectivity index (χ1n) is 10.7. The summed E-state index contributed by atoms with van der Waals surface area (Å²) in [6, 6.07) is 15.0. The summed E-state index contributed by atoms with van der Waals surface area (Å²) >= 11 is 0.989. The van der Waals surface area contributed by atoms with Crippen molar-refractivity contribution in [3.8, 4) is 11.5 Å². The van der Waals surface area contributed by atoms with E-state index >= 15 is 0 Å². The average Bonchev–Trinajstić information content (AvgIpc) is 2.83. The number of halogens is 2. The van der Waals surface area contributed by atoms with Crippen molar-refractivity contribution in [1.82, 2.24) is 4.98 Å². The van der Waals surface area contributed by atoms with Gasteiger partial charge in [-0.15, -0.1) is 11.8 Å². The lowest BCUT2D eigenvalue weighted by molar-refractivity contribution is -0.131. The quantitative estimate of drug-likeness (QED) is 0.188. The molecule has 0 radical (unpaired) electrons. The standard InChI is InChI=1S/C26H25F2NO4S/c1-32-20-11-8-18(9-12-20)5-2-3-16-33-24-14-10-19(29-23(24)13-15-25(30)31)17-34-26-21(27)6-4-7-22(26)28/h4,6-15H,2-3,5,16-17H2,1H3,(H,30,31). The van der Waals surface area contributed by atoms with Crippen LogP contribution in [0.5, 0.6) is 11.5 Å². The Balaban J connectivity index is 1.58. The van der Waals surface area contributed by atoms with Crippen molar-refractivity contribution < 1.29 is 28.2 Å². The Bertz CT molecular complexity index is 1120. The Morgan fingerprint density at radius 1 is 1.06 bits per heavy atom. The zero-order valence-corrected chi connectivity index (χ0v) is 19.5. The summed E-state index contributed by atoms with van der Waals surface area (Å²) in [6.45, 7) is 0.445. The van der Waals surface area contributed by atoms with Gasteiger partial charge < -0.3 is 14.6 Å². The van der Waals surface area contributed by atoms with Gasteiger partial charge in [-0.1, -0.05) is 18.2 Å². The van der Waals surface area contributed by atoms with Crippen LogP contribution in [-0.2, 0) is 17.0 Å². The largest absolute Gasteiger partial charge is 0.497 e. The van der Waals surface area contributed by atoms with Crippen molar-refractivity contribution in [2.45, 2.75) is 29.9 Å². The van der Waals surface area contributed by atoms with E-state index < -0.39 is 17.6 Å². The molecule has 0 unspecified atom stereocenters. The molecule has 0 saturated heterocycles. The van der Waals surface area contributed by atoms with Crippen LogP contribution in [-0.4, -0.2) is 29.8 Å². The summed E-state index contributed by atoms with van der Waals surface area (Å²) in [5.41, 5.74) is 2.11. The molecular formula is C26H25F2NO4S. The summed E-state index contributed by atoms with van der Waals surface area (Å²) in [5, 5.41) is 8.98.